The van der Waals surface area contributed by atoms with Crippen molar-refractivity contribution in [3.05, 3.63) is 87.0 Å². The molecule has 9 nitrogen and oxygen atoms in total. The molecule has 0 atom stereocenters. The lowest BCUT2D eigenvalue weighted by molar-refractivity contribution is -0.122. The van der Waals surface area contributed by atoms with Crippen LogP contribution in [-0.4, -0.2) is 37.5 Å². The molecule has 0 radical (unpaired) electrons. The van der Waals surface area contributed by atoms with Gasteiger partial charge in [-0.15, -0.1) is 0 Å². The van der Waals surface area contributed by atoms with Crippen LogP contribution in [0.2, 0.25) is 0 Å². The van der Waals surface area contributed by atoms with Crippen molar-refractivity contribution in [2.24, 2.45) is 0 Å². The fraction of sp³-hybridized carbons (Fsp3) is 0.111. The number of benzene rings is 3. The van der Waals surface area contributed by atoms with Crippen molar-refractivity contribution in [1.82, 2.24) is 5.32 Å². The third-order valence-corrected chi connectivity index (χ3v) is 6.01. The lowest BCUT2D eigenvalue weighted by Crippen LogP contribution is -2.54. The third kappa shape index (κ3) is 5.80. The number of halogens is 1. The number of ether oxygens (including phenoxy) is 3. The number of hydrogen-bond donors (Lipinski definition) is 1. The Kier molecular flexibility index (Phi) is 7.87. The van der Waals surface area contributed by atoms with Gasteiger partial charge in [0.1, 0.15) is 11.3 Å². The molecule has 1 aliphatic heterocycles. The van der Waals surface area contributed by atoms with Gasteiger partial charge in [-0.05, 0) is 102 Å². The third-order valence-electron chi connectivity index (χ3n) is 5.29. The average Bonchev–Trinajstić information content (AvgIpc) is 2.89. The van der Waals surface area contributed by atoms with E-state index in [0.717, 1.165) is 8.47 Å². The normalized spacial score (nSPS) is 14.4. The topological polar surface area (TPSA) is 111 Å². The number of methoxy groups -OCH3 is 1. The van der Waals surface area contributed by atoms with Crippen molar-refractivity contribution in [3.63, 3.8) is 0 Å². The summed E-state index contributed by atoms with van der Waals surface area (Å²) < 4.78 is 17.2. The molecule has 3 aromatic rings. The molecule has 3 aromatic carbocycles. The van der Waals surface area contributed by atoms with Crippen LogP contribution in [0.4, 0.5) is 10.5 Å². The number of nitrogens with zero attached hydrogens (tertiary/aromatic N) is 1. The molecule has 4 amide bonds. The predicted octanol–water partition coefficient (Wildman–Crippen LogP) is 4.58. The Hall–Kier alpha value is -4.19. The summed E-state index contributed by atoms with van der Waals surface area (Å²) in [6.45, 7) is 2.05. The number of anilines is 1. The monoisotopic (exact) mass is 612 g/mol. The van der Waals surface area contributed by atoms with Gasteiger partial charge in [-0.25, -0.2) is 14.5 Å². The molecule has 1 N–H and O–H groups in total. The van der Waals surface area contributed by atoms with Crippen molar-refractivity contribution in [1.29, 1.82) is 0 Å². The van der Waals surface area contributed by atoms with E-state index in [4.69, 9.17) is 14.2 Å². The quantitative estimate of drug-likeness (QED) is 0.137. The first kappa shape index (κ1) is 25.9. The molecule has 188 valence electrons. The fourth-order valence-corrected chi connectivity index (χ4v) is 3.86. The Labute approximate surface area is 226 Å². The Balaban J connectivity index is 1.62. The molecule has 1 aliphatic rings. The van der Waals surface area contributed by atoms with Crippen LogP contribution in [0.25, 0.3) is 6.08 Å². The number of carbonyl (C=O) groups is 4. The first-order valence-electron chi connectivity index (χ1n) is 11.1. The lowest BCUT2D eigenvalue weighted by Gasteiger charge is -2.26. The lowest BCUT2D eigenvalue weighted by atomic mass is 10.1. The van der Waals surface area contributed by atoms with Crippen LogP contribution < -0.4 is 24.4 Å². The van der Waals surface area contributed by atoms with E-state index in [1.54, 1.807) is 67.6 Å². The second kappa shape index (κ2) is 11.2. The van der Waals surface area contributed by atoms with E-state index in [-0.39, 0.29) is 23.7 Å². The summed E-state index contributed by atoms with van der Waals surface area (Å²) in [4.78, 5) is 51.6. The van der Waals surface area contributed by atoms with Crippen LogP contribution in [0.15, 0.2) is 72.3 Å². The first-order valence-corrected chi connectivity index (χ1v) is 12.2. The van der Waals surface area contributed by atoms with Crippen molar-refractivity contribution in [2.45, 2.75) is 6.92 Å². The van der Waals surface area contributed by atoms with Gasteiger partial charge in [0.15, 0.2) is 11.5 Å². The minimum absolute atomic E-state index is 0.167. The molecule has 1 heterocycles. The van der Waals surface area contributed by atoms with Crippen LogP contribution in [0.1, 0.15) is 22.8 Å². The van der Waals surface area contributed by atoms with E-state index in [9.17, 15) is 19.2 Å². The summed E-state index contributed by atoms with van der Waals surface area (Å²) in [6, 6.07) is 17.0. The fourth-order valence-electron chi connectivity index (χ4n) is 3.50. The number of urea groups is 1. The summed E-state index contributed by atoms with van der Waals surface area (Å²) in [7, 11) is 1.53. The minimum atomic E-state index is -0.829. The highest BCUT2D eigenvalue weighted by Crippen LogP contribution is 2.31. The Morgan fingerprint density at radius 2 is 1.68 bits per heavy atom. The molecular formula is C27H21IN2O7. The Bertz CT molecular complexity index is 1400. The van der Waals surface area contributed by atoms with E-state index >= 15 is 0 Å². The van der Waals surface area contributed by atoms with Gasteiger partial charge in [0.2, 0.25) is 0 Å². The number of barbiturate groups is 1. The minimum Gasteiger partial charge on any atom is -0.497 e. The summed E-state index contributed by atoms with van der Waals surface area (Å²) in [6.07, 6.45) is 1.35. The molecule has 1 saturated heterocycles. The van der Waals surface area contributed by atoms with Crippen LogP contribution >= 0.6 is 22.6 Å². The van der Waals surface area contributed by atoms with E-state index < -0.39 is 23.8 Å². The van der Waals surface area contributed by atoms with Crippen LogP contribution in [0, 0.1) is 3.57 Å². The smallest absolute Gasteiger partial charge is 0.343 e. The Morgan fingerprint density at radius 1 is 0.973 bits per heavy atom. The zero-order valence-corrected chi connectivity index (χ0v) is 22.0. The van der Waals surface area contributed by atoms with Crippen LogP contribution in [0.5, 0.6) is 17.2 Å². The van der Waals surface area contributed by atoms with Gasteiger partial charge in [0.25, 0.3) is 11.8 Å². The molecule has 0 aromatic heterocycles. The highest BCUT2D eigenvalue weighted by molar-refractivity contribution is 14.1. The number of rotatable bonds is 7. The first-order chi connectivity index (χ1) is 17.8. The average molecular weight is 612 g/mol. The molecule has 4 rings (SSSR count). The number of amides is 4. The maximum Gasteiger partial charge on any atom is 0.343 e. The number of esters is 1. The standard InChI is InChI=1S/C27H21IN2O7/c1-3-36-23-15-16(4-13-22(23)37-26(33)17-5-11-20(35-2)12-6-17)14-21-24(31)29-27(34)30(25(21)32)19-9-7-18(28)8-10-19/h4-15H,3H2,1-2H3,(H,29,31,34)/b21-14+. The van der Waals surface area contributed by atoms with Crippen LogP contribution in [0.3, 0.4) is 0 Å². The Morgan fingerprint density at radius 3 is 2.32 bits per heavy atom. The zero-order valence-electron chi connectivity index (χ0n) is 19.8. The van der Waals surface area contributed by atoms with Crippen molar-refractivity contribution >= 4 is 58.2 Å². The summed E-state index contributed by atoms with van der Waals surface area (Å²) in [5.74, 6) is -1.16. The second-order valence-corrected chi connectivity index (χ2v) is 8.94. The summed E-state index contributed by atoms with van der Waals surface area (Å²) >= 11 is 2.11. The van der Waals surface area contributed by atoms with Crippen LogP contribution in [-0.2, 0) is 9.59 Å². The largest absolute Gasteiger partial charge is 0.497 e. The van der Waals surface area contributed by atoms with Gasteiger partial charge in [0, 0.05) is 3.57 Å². The molecule has 0 spiro atoms. The van der Waals surface area contributed by atoms with Gasteiger partial charge in [-0.2, -0.15) is 0 Å². The second-order valence-electron chi connectivity index (χ2n) is 7.69. The van der Waals surface area contributed by atoms with Crippen molar-refractivity contribution < 1.29 is 33.4 Å². The number of carbonyl (C=O) groups excluding carboxylic acids is 4. The van der Waals surface area contributed by atoms with Gasteiger partial charge < -0.3 is 14.2 Å². The summed E-state index contributed by atoms with van der Waals surface area (Å²) in [5, 5.41) is 2.19. The van der Waals surface area contributed by atoms with E-state index in [0.29, 0.717) is 22.6 Å². The number of imide groups is 2. The van der Waals surface area contributed by atoms with Gasteiger partial charge in [-0.1, -0.05) is 6.07 Å². The molecule has 1 fully saturated rings. The SMILES string of the molecule is CCOc1cc(/C=C2\C(=O)NC(=O)N(c3ccc(I)cc3)C2=O)ccc1OC(=O)c1ccc(OC)cc1. The zero-order chi connectivity index (χ0) is 26.5. The highest BCUT2D eigenvalue weighted by Gasteiger charge is 2.36. The van der Waals surface area contributed by atoms with Gasteiger partial charge in [-0.3, -0.25) is 14.9 Å². The van der Waals surface area contributed by atoms with E-state index in [1.807, 2.05) is 0 Å². The highest BCUT2D eigenvalue weighted by atomic mass is 127. The molecule has 10 heteroatoms. The maximum atomic E-state index is 13.1. The molecule has 0 saturated carbocycles. The van der Waals surface area contributed by atoms with E-state index in [1.165, 1.54) is 19.3 Å². The molecule has 37 heavy (non-hydrogen) atoms. The van der Waals surface area contributed by atoms with Gasteiger partial charge >= 0.3 is 12.0 Å². The van der Waals surface area contributed by atoms with Gasteiger partial charge in [0.05, 0.1) is 25.0 Å². The molecule has 0 bridgehead atoms. The maximum absolute atomic E-state index is 13.1. The number of hydrogen-bond acceptors (Lipinski definition) is 7. The molecule has 0 unspecified atom stereocenters. The summed E-state index contributed by atoms with van der Waals surface area (Å²) in [5.41, 5.74) is 0.850. The van der Waals surface area contributed by atoms with Crippen molar-refractivity contribution in [3.8, 4) is 17.2 Å². The predicted molar refractivity (Wildman–Crippen MR) is 144 cm³/mol. The molecular weight excluding hydrogens is 591 g/mol. The molecule has 0 aliphatic carbocycles. The van der Waals surface area contributed by atoms with E-state index in [2.05, 4.69) is 27.9 Å². The van der Waals surface area contributed by atoms with Crippen molar-refractivity contribution in [2.75, 3.05) is 18.6 Å². The number of nitrogens with one attached hydrogen (secondary N) is 1.